The molecule has 6 heteroatoms. The Morgan fingerprint density at radius 1 is 0.897 bits per heavy atom. The van der Waals surface area contributed by atoms with Gasteiger partial charge in [0, 0.05) is 22.3 Å². The highest BCUT2D eigenvalue weighted by atomic mass is 35.5. The Labute approximate surface area is 178 Å². The maximum atomic E-state index is 12.3. The molecule has 1 unspecified atom stereocenters. The average Bonchev–Trinajstić information content (AvgIpc) is 2.73. The second kappa shape index (κ2) is 9.35. The van der Waals surface area contributed by atoms with Crippen molar-refractivity contribution < 1.29 is 20.1 Å². The standard InChI is InChI=1S/C23H21ClO4S/c24-19-7-3-17(4-8-19)16-1-5-18(6-2-16)23(13-14-25,22(27)28)15-29-21-11-9-20(26)10-12-21/h1-12,25-26H,13-15H2,(H,27,28). The van der Waals surface area contributed by atoms with Crippen molar-refractivity contribution in [3.05, 3.63) is 83.4 Å². The van der Waals surface area contributed by atoms with E-state index in [1.165, 1.54) is 11.8 Å². The molecule has 3 N–H and O–H groups in total. The summed E-state index contributed by atoms with van der Waals surface area (Å²) >= 11 is 7.33. The van der Waals surface area contributed by atoms with E-state index >= 15 is 0 Å². The maximum absolute atomic E-state index is 12.3. The minimum Gasteiger partial charge on any atom is -0.508 e. The van der Waals surface area contributed by atoms with Crippen molar-refractivity contribution in [3.8, 4) is 16.9 Å². The lowest BCUT2D eigenvalue weighted by atomic mass is 9.79. The quantitative estimate of drug-likeness (QED) is 0.429. The third-order valence-corrected chi connectivity index (χ3v) is 6.38. The number of aliphatic carboxylic acids is 1. The van der Waals surface area contributed by atoms with Gasteiger partial charge in [-0.3, -0.25) is 4.79 Å². The summed E-state index contributed by atoms with van der Waals surface area (Å²) in [7, 11) is 0. The van der Waals surface area contributed by atoms with Crippen LogP contribution >= 0.6 is 23.4 Å². The van der Waals surface area contributed by atoms with Crippen molar-refractivity contribution in [1.29, 1.82) is 0 Å². The molecule has 0 aliphatic rings. The number of hydrogen-bond donors (Lipinski definition) is 3. The zero-order valence-corrected chi connectivity index (χ0v) is 17.2. The fourth-order valence-electron chi connectivity index (χ4n) is 3.16. The van der Waals surface area contributed by atoms with Crippen LogP contribution in [0.2, 0.25) is 5.02 Å². The van der Waals surface area contributed by atoms with E-state index in [4.69, 9.17) is 11.6 Å². The average molecular weight is 429 g/mol. The topological polar surface area (TPSA) is 77.8 Å². The van der Waals surface area contributed by atoms with Gasteiger partial charge in [0.2, 0.25) is 0 Å². The van der Waals surface area contributed by atoms with Crippen molar-refractivity contribution in [3.63, 3.8) is 0 Å². The number of phenols is 1. The monoisotopic (exact) mass is 428 g/mol. The van der Waals surface area contributed by atoms with E-state index in [0.717, 1.165) is 16.0 Å². The van der Waals surface area contributed by atoms with Gasteiger partial charge in [-0.2, -0.15) is 0 Å². The third kappa shape index (κ3) is 4.93. The van der Waals surface area contributed by atoms with Crippen molar-refractivity contribution in [2.75, 3.05) is 12.4 Å². The molecule has 4 nitrogen and oxygen atoms in total. The minimum atomic E-state index is -1.23. The second-order valence-electron chi connectivity index (χ2n) is 6.73. The molecule has 0 aromatic heterocycles. The molecule has 3 aromatic rings. The lowest BCUT2D eigenvalue weighted by Crippen LogP contribution is -2.39. The Kier molecular flexibility index (Phi) is 6.85. The van der Waals surface area contributed by atoms with Crippen molar-refractivity contribution in [2.24, 2.45) is 0 Å². The number of thioether (sulfide) groups is 1. The maximum Gasteiger partial charge on any atom is 0.315 e. The van der Waals surface area contributed by atoms with Crippen LogP contribution in [0, 0.1) is 0 Å². The van der Waals surface area contributed by atoms with Crippen LogP contribution in [0.4, 0.5) is 0 Å². The van der Waals surface area contributed by atoms with E-state index in [-0.39, 0.29) is 24.5 Å². The van der Waals surface area contributed by atoms with Gasteiger partial charge in [0.25, 0.3) is 0 Å². The molecule has 0 fully saturated rings. The third-order valence-electron chi connectivity index (χ3n) is 4.88. The lowest BCUT2D eigenvalue weighted by molar-refractivity contribution is -0.143. The minimum absolute atomic E-state index is 0.105. The number of aliphatic hydroxyl groups excluding tert-OH is 1. The summed E-state index contributed by atoms with van der Waals surface area (Å²) in [6.07, 6.45) is 0.105. The Bertz CT molecular complexity index is 956. The summed E-state index contributed by atoms with van der Waals surface area (Å²) in [5.74, 6) is -0.558. The molecule has 0 amide bonds. The van der Waals surface area contributed by atoms with Crippen LogP contribution in [0.3, 0.4) is 0 Å². The molecule has 0 aliphatic heterocycles. The van der Waals surface area contributed by atoms with Crippen LogP contribution < -0.4 is 0 Å². The Morgan fingerprint density at radius 3 is 1.97 bits per heavy atom. The van der Waals surface area contributed by atoms with E-state index in [0.29, 0.717) is 10.6 Å². The Hall–Kier alpha value is -2.47. The highest BCUT2D eigenvalue weighted by Crippen LogP contribution is 2.36. The van der Waals surface area contributed by atoms with Crippen LogP contribution in [0.5, 0.6) is 5.75 Å². The summed E-state index contributed by atoms with van der Waals surface area (Å²) in [4.78, 5) is 13.2. The lowest BCUT2D eigenvalue weighted by Gasteiger charge is -2.29. The highest BCUT2D eigenvalue weighted by Gasteiger charge is 2.40. The molecule has 1 atom stereocenters. The summed E-state index contributed by atoms with van der Waals surface area (Å²) < 4.78 is 0. The molecule has 0 radical (unpaired) electrons. The molecule has 3 rings (SSSR count). The number of benzene rings is 3. The number of hydrogen-bond acceptors (Lipinski definition) is 4. The number of phenolic OH excluding ortho intramolecular Hbond substituents is 1. The SMILES string of the molecule is O=C(O)C(CCO)(CSc1ccc(O)cc1)c1ccc(-c2ccc(Cl)cc2)cc1. The highest BCUT2D eigenvalue weighted by molar-refractivity contribution is 7.99. The number of rotatable bonds is 8. The van der Waals surface area contributed by atoms with Gasteiger partial charge in [-0.05, 0) is 59.5 Å². The van der Waals surface area contributed by atoms with Gasteiger partial charge < -0.3 is 15.3 Å². The number of carboxylic acid groups (broad SMARTS) is 1. The molecule has 150 valence electrons. The first kappa shape index (κ1) is 21.2. The van der Waals surface area contributed by atoms with Crippen LogP contribution in [0.25, 0.3) is 11.1 Å². The predicted octanol–water partition coefficient (Wildman–Crippen LogP) is 5.21. The molecule has 0 aliphatic carbocycles. The van der Waals surface area contributed by atoms with Crippen LogP contribution in [-0.2, 0) is 10.2 Å². The van der Waals surface area contributed by atoms with Gasteiger partial charge in [-0.15, -0.1) is 11.8 Å². The second-order valence-corrected chi connectivity index (χ2v) is 8.21. The molecule has 0 bridgehead atoms. The first-order valence-corrected chi connectivity index (χ1v) is 10.4. The number of carbonyl (C=O) groups is 1. The van der Waals surface area contributed by atoms with Crippen LogP contribution in [-0.4, -0.2) is 33.6 Å². The molecule has 0 saturated carbocycles. The Morgan fingerprint density at radius 2 is 1.45 bits per heavy atom. The first-order chi connectivity index (χ1) is 13.9. The fourth-order valence-corrected chi connectivity index (χ4v) is 4.46. The molecule has 0 spiro atoms. The largest absolute Gasteiger partial charge is 0.508 e. The molecular weight excluding hydrogens is 408 g/mol. The summed E-state index contributed by atoms with van der Waals surface area (Å²) in [5, 5.41) is 29.7. The molecule has 3 aromatic carbocycles. The molecule has 29 heavy (non-hydrogen) atoms. The van der Waals surface area contributed by atoms with Crippen molar-refractivity contribution in [2.45, 2.75) is 16.7 Å². The first-order valence-electron chi connectivity index (χ1n) is 9.07. The molecular formula is C23H21ClO4S. The van der Waals surface area contributed by atoms with E-state index in [1.807, 2.05) is 48.5 Å². The van der Waals surface area contributed by atoms with Crippen LogP contribution in [0.15, 0.2) is 77.7 Å². The van der Waals surface area contributed by atoms with Gasteiger partial charge in [0.1, 0.15) is 11.2 Å². The number of carboxylic acids is 1. The number of aliphatic hydroxyl groups is 1. The van der Waals surface area contributed by atoms with E-state index in [2.05, 4.69) is 0 Å². The van der Waals surface area contributed by atoms with E-state index < -0.39 is 11.4 Å². The molecule has 0 heterocycles. The van der Waals surface area contributed by atoms with Gasteiger partial charge in [0.15, 0.2) is 0 Å². The van der Waals surface area contributed by atoms with Gasteiger partial charge in [-0.25, -0.2) is 0 Å². The normalized spacial score (nSPS) is 13.0. The number of aromatic hydroxyl groups is 1. The van der Waals surface area contributed by atoms with Gasteiger partial charge in [-0.1, -0.05) is 48.0 Å². The van der Waals surface area contributed by atoms with Gasteiger partial charge >= 0.3 is 5.97 Å². The van der Waals surface area contributed by atoms with E-state index in [1.54, 1.807) is 24.3 Å². The summed E-state index contributed by atoms with van der Waals surface area (Å²) in [5.41, 5.74) is 1.36. The summed E-state index contributed by atoms with van der Waals surface area (Å²) in [6, 6.07) is 21.5. The zero-order chi connectivity index (χ0) is 20.9. The number of halogens is 1. The molecule has 0 saturated heterocycles. The summed E-state index contributed by atoms with van der Waals surface area (Å²) in [6.45, 7) is -0.235. The van der Waals surface area contributed by atoms with Gasteiger partial charge in [0.05, 0.1) is 0 Å². The predicted molar refractivity (Wildman–Crippen MR) is 117 cm³/mol. The van der Waals surface area contributed by atoms with E-state index in [9.17, 15) is 20.1 Å². The Balaban J connectivity index is 1.89. The van der Waals surface area contributed by atoms with Crippen molar-refractivity contribution >= 4 is 29.3 Å². The van der Waals surface area contributed by atoms with Crippen LogP contribution in [0.1, 0.15) is 12.0 Å². The zero-order valence-electron chi connectivity index (χ0n) is 15.6. The van der Waals surface area contributed by atoms with Crippen molar-refractivity contribution in [1.82, 2.24) is 0 Å². The smallest absolute Gasteiger partial charge is 0.315 e. The fraction of sp³-hybridized carbons (Fsp3) is 0.174.